The first-order valence-electron chi connectivity index (χ1n) is 12.4. The third kappa shape index (κ3) is 7.02. The third-order valence-corrected chi connectivity index (χ3v) is 7.31. The maximum absolute atomic E-state index is 13.0. The molecule has 1 N–H and O–H groups in total. The van der Waals surface area contributed by atoms with Crippen LogP contribution in [0.5, 0.6) is 11.5 Å². The minimum Gasteiger partial charge on any atom is -0.490 e. The number of nitrogens with one attached hydrogen (secondary N) is 1. The average Bonchev–Trinajstić information content (AvgIpc) is 3.17. The zero-order chi connectivity index (χ0) is 27.1. The largest absolute Gasteiger partial charge is 0.490 e. The lowest BCUT2D eigenvalue weighted by Gasteiger charge is -2.14. The Kier molecular flexibility index (Phi) is 9.20. The summed E-state index contributed by atoms with van der Waals surface area (Å²) in [6, 6.07) is 21.3. The van der Waals surface area contributed by atoms with Crippen LogP contribution in [0.15, 0.2) is 71.6 Å². The zero-order valence-corrected chi connectivity index (χ0v) is 23.3. The van der Waals surface area contributed by atoms with Crippen molar-refractivity contribution in [2.75, 3.05) is 25.1 Å². The van der Waals surface area contributed by atoms with Crippen molar-refractivity contribution in [3.63, 3.8) is 0 Å². The minimum absolute atomic E-state index is 0.0997. The Labute approximate surface area is 233 Å². The lowest BCUT2D eigenvalue weighted by atomic mass is 10.1. The summed E-state index contributed by atoms with van der Waals surface area (Å²) < 4.78 is 12.1. The van der Waals surface area contributed by atoms with Gasteiger partial charge in [0.1, 0.15) is 4.32 Å². The van der Waals surface area contributed by atoms with Crippen molar-refractivity contribution in [2.45, 2.75) is 27.2 Å². The number of hydrogen-bond donors (Lipinski definition) is 1. The van der Waals surface area contributed by atoms with Gasteiger partial charge in [-0.3, -0.25) is 14.5 Å². The zero-order valence-electron chi connectivity index (χ0n) is 21.7. The van der Waals surface area contributed by atoms with Gasteiger partial charge in [0.2, 0.25) is 0 Å². The van der Waals surface area contributed by atoms with Crippen LogP contribution >= 0.6 is 24.0 Å². The van der Waals surface area contributed by atoms with Crippen molar-refractivity contribution in [3.05, 3.63) is 93.9 Å². The number of ether oxygens (including phenoxy) is 2. The van der Waals surface area contributed by atoms with Gasteiger partial charge in [-0.25, -0.2) is 0 Å². The second-order valence-electron chi connectivity index (χ2n) is 8.86. The van der Waals surface area contributed by atoms with E-state index < -0.39 is 0 Å². The number of carbonyl (C=O) groups is 2. The van der Waals surface area contributed by atoms with Crippen molar-refractivity contribution >= 4 is 51.9 Å². The first-order valence-corrected chi connectivity index (χ1v) is 13.6. The molecule has 1 heterocycles. The van der Waals surface area contributed by atoms with E-state index in [0.29, 0.717) is 33.9 Å². The van der Waals surface area contributed by atoms with E-state index in [1.165, 1.54) is 11.8 Å². The molecule has 1 aliphatic rings. The van der Waals surface area contributed by atoms with Crippen molar-refractivity contribution in [1.29, 1.82) is 0 Å². The Balaban J connectivity index is 1.41. The summed E-state index contributed by atoms with van der Waals surface area (Å²) in [6.45, 7) is 6.60. The second-order valence-corrected chi connectivity index (χ2v) is 10.5. The van der Waals surface area contributed by atoms with Gasteiger partial charge in [0.05, 0.1) is 11.5 Å². The quantitative estimate of drug-likeness (QED) is 0.243. The number of hydrogen-bond acceptors (Lipinski definition) is 6. The van der Waals surface area contributed by atoms with Crippen molar-refractivity contribution in [3.8, 4) is 11.5 Å². The maximum Gasteiger partial charge on any atom is 0.266 e. The Morgan fingerprint density at radius 2 is 1.82 bits per heavy atom. The van der Waals surface area contributed by atoms with E-state index >= 15 is 0 Å². The van der Waals surface area contributed by atoms with Crippen molar-refractivity contribution in [1.82, 2.24) is 4.90 Å². The molecule has 0 atom stereocenters. The standard InChI is InChI=1S/C30H30N2O4S2/c1-4-35-26-17-23(12-13-25(26)36-19-28(33)31-24-16-20(2)10-11-21(24)3)18-27-29(34)32(30(37)38-27)15-14-22-8-6-5-7-9-22/h5-13,16-18H,4,14-15,19H2,1-3H3,(H,31,33)/b27-18-. The van der Waals surface area contributed by atoms with Crippen LogP contribution in [0.1, 0.15) is 29.2 Å². The Hall–Kier alpha value is -3.62. The van der Waals surface area contributed by atoms with Gasteiger partial charge in [0, 0.05) is 12.2 Å². The Morgan fingerprint density at radius 3 is 2.58 bits per heavy atom. The molecule has 2 amide bonds. The van der Waals surface area contributed by atoms with E-state index in [2.05, 4.69) is 5.32 Å². The number of carbonyl (C=O) groups excluding carboxylic acids is 2. The highest BCUT2D eigenvalue weighted by molar-refractivity contribution is 8.26. The molecule has 196 valence electrons. The Morgan fingerprint density at radius 1 is 1.03 bits per heavy atom. The van der Waals surface area contributed by atoms with Crippen molar-refractivity contribution in [2.24, 2.45) is 0 Å². The molecule has 3 aromatic carbocycles. The minimum atomic E-state index is -0.260. The monoisotopic (exact) mass is 546 g/mol. The van der Waals surface area contributed by atoms with Crippen LogP contribution in [0.25, 0.3) is 6.08 Å². The number of benzene rings is 3. The number of amides is 2. The summed E-state index contributed by atoms with van der Waals surface area (Å²) in [4.78, 5) is 27.8. The van der Waals surface area contributed by atoms with Gasteiger partial charge in [-0.2, -0.15) is 0 Å². The van der Waals surface area contributed by atoms with E-state index in [1.54, 1.807) is 23.1 Å². The molecule has 0 unspecified atom stereocenters. The Bertz CT molecular complexity index is 1370. The number of thiocarbonyl (C=S) groups is 1. The third-order valence-electron chi connectivity index (χ3n) is 5.93. The molecule has 8 heteroatoms. The van der Waals surface area contributed by atoms with Gasteiger partial charge in [-0.05, 0) is 73.7 Å². The average molecular weight is 547 g/mol. The molecule has 0 aliphatic carbocycles. The van der Waals surface area contributed by atoms with Crippen LogP contribution in [0.4, 0.5) is 5.69 Å². The van der Waals surface area contributed by atoms with E-state index in [0.717, 1.165) is 34.4 Å². The summed E-state index contributed by atoms with van der Waals surface area (Å²) in [6.07, 6.45) is 2.54. The molecule has 1 fully saturated rings. The molecule has 6 nitrogen and oxygen atoms in total. The van der Waals surface area contributed by atoms with Gasteiger partial charge in [0.25, 0.3) is 11.8 Å². The van der Waals surface area contributed by atoms with Crippen LogP contribution < -0.4 is 14.8 Å². The van der Waals surface area contributed by atoms with Crippen LogP contribution in [-0.2, 0) is 16.0 Å². The van der Waals surface area contributed by atoms with Gasteiger partial charge in [-0.1, -0.05) is 72.5 Å². The molecule has 1 saturated heterocycles. The number of aryl methyl sites for hydroxylation is 2. The van der Waals surface area contributed by atoms with E-state index in [4.69, 9.17) is 21.7 Å². The molecule has 1 aliphatic heterocycles. The molecule has 0 bridgehead atoms. The van der Waals surface area contributed by atoms with Crippen LogP contribution in [0, 0.1) is 13.8 Å². The van der Waals surface area contributed by atoms with Gasteiger partial charge < -0.3 is 14.8 Å². The maximum atomic E-state index is 13.0. The van der Waals surface area contributed by atoms with Crippen LogP contribution in [0.3, 0.4) is 0 Å². The fourth-order valence-corrected chi connectivity index (χ4v) is 5.24. The molecular formula is C30H30N2O4S2. The number of rotatable bonds is 10. The summed E-state index contributed by atoms with van der Waals surface area (Å²) in [5, 5.41) is 2.89. The van der Waals surface area contributed by atoms with Crippen LogP contribution in [0.2, 0.25) is 0 Å². The normalized spacial score (nSPS) is 14.2. The van der Waals surface area contributed by atoms with Gasteiger partial charge in [0.15, 0.2) is 18.1 Å². The lowest BCUT2D eigenvalue weighted by molar-refractivity contribution is -0.122. The van der Waals surface area contributed by atoms with Crippen molar-refractivity contribution < 1.29 is 19.1 Å². The van der Waals surface area contributed by atoms with Gasteiger partial charge in [-0.15, -0.1) is 0 Å². The highest BCUT2D eigenvalue weighted by Gasteiger charge is 2.31. The number of thioether (sulfide) groups is 1. The molecular weight excluding hydrogens is 516 g/mol. The fraction of sp³-hybridized carbons (Fsp3) is 0.233. The van der Waals surface area contributed by atoms with E-state index in [9.17, 15) is 9.59 Å². The van der Waals surface area contributed by atoms with Gasteiger partial charge >= 0.3 is 0 Å². The summed E-state index contributed by atoms with van der Waals surface area (Å²) in [5.41, 5.74) is 4.75. The SMILES string of the molecule is CCOc1cc(/C=C2\SC(=S)N(CCc3ccccc3)C2=O)ccc1OCC(=O)Nc1cc(C)ccc1C. The number of nitrogens with zero attached hydrogens (tertiary/aromatic N) is 1. The predicted octanol–water partition coefficient (Wildman–Crippen LogP) is 6.16. The highest BCUT2D eigenvalue weighted by Crippen LogP contribution is 2.35. The summed E-state index contributed by atoms with van der Waals surface area (Å²) >= 11 is 6.78. The molecule has 0 saturated carbocycles. The van der Waals surface area contributed by atoms with E-state index in [1.807, 2.05) is 75.4 Å². The second kappa shape index (κ2) is 12.8. The molecule has 0 aromatic heterocycles. The number of anilines is 1. The first kappa shape index (κ1) is 27.4. The lowest BCUT2D eigenvalue weighted by Crippen LogP contribution is -2.30. The smallest absolute Gasteiger partial charge is 0.266 e. The van der Waals surface area contributed by atoms with Crippen LogP contribution in [-0.4, -0.2) is 40.8 Å². The molecule has 0 radical (unpaired) electrons. The molecule has 0 spiro atoms. The molecule has 3 aromatic rings. The molecule has 4 rings (SSSR count). The summed E-state index contributed by atoms with van der Waals surface area (Å²) in [5.74, 6) is 0.595. The topological polar surface area (TPSA) is 67.9 Å². The highest BCUT2D eigenvalue weighted by atomic mass is 32.2. The molecule has 38 heavy (non-hydrogen) atoms. The predicted molar refractivity (Wildman–Crippen MR) is 158 cm³/mol. The summed E-state index contributed by atoms with van der Waals surface area (Å²) in [7, 11) is 0. The fourth-order valence-electron chi connectivity index (χ4n) is 3.93. The first-order chi connectivity index (χ1) is 18.3. The van der Waals surface area contributed by atoms with E-state index in [-0.39, 0.29) is 18.4 Å².